The fourth-order valence-electron chi connectivity index (χ4n) is 1.11. The van der Waals surface area contributed by atoms with E-state index in [1.165, 1.54) is 4.88 Å². The minimum atomic E-state index is 0.273. The van der Waals surface area contributed by atoms with Crippen molar-refractivity contribution in [2.24, 2.45) is 11.8 Å². The molecule has 1 unspecified atom stereocenters. The van der Waals surface area contributed by atoms with Gasteiger partial charge in [-0.15, -0.1) is 11.3 Å². The summed E-state index contributed by atoms with van der Waals surface area (Å²) in [6.07, 6.45) is 2.84. The molecule has 0 spiro atoms. The third-order valence-corrected chi connectivity index (χ3v) is 2.93. The van der Waals surface area contributed by atoms with Gasteiger partial charge in [-0.05, 0) is 18.3 Å². The summed E-state index contributed by atoms with van der Waals surface area (Å²) in [4.78, 5) is 5.27. The van der Waals surface area contributed by atoms with Gasteiger partial charge in [0.15, 0.2) is 0 Å². The molecule has 0 saturated carbocycles. The first-order valence-corrected chi connectivity index (χ1v) is 5.10. The van der Waals surface area contributed by atoms with Crippen molar-refractivity contribution in [2.75, 3.05) is 6.61 Å². The Morgan fingerprint density at radius 3 is 2.75 bits per heavy atom. The highest BCUT2D eigenvalue weighted by Gasteiger charge is 2.13. The summed E-state index contributed by atoms with van der Waals surface area (Å²) in [6, 6.07) is 0. The van der Waals surface area contributed by atoms with E-state index in [1.807, 2.05) is 11.7 Å². The normalized spacial score (nSPS) is 13.7. The van der Waals surface area contributed by atoms with E-state index in [-0.39, 0.29) is 6.61 Å². The van der Waals surface area contributed by atoms with Crippen LogP contribution in [0.2, 0.25) is 0 Å². The van der Waals surface area contributed by atoms with Crippen LogP contribution in [0, 0.1) is 11.8 Å². The summed E-state index contributed by atoms with van der Waals surface area (Å²) in [7, 11) is 0. The fourth-order valence-corrected chi connectivity index (χ4v) is 1.80. The van der Waals surface area contributed by atoms with Crippen LogP contribution in [0.1, 0.15) is 18.7 Å². The number of hydrogen-bond acceptors (Lipinski definition) is 3. The largest absolute Gasteiger partial charge is 0.396 e. The number of aliphatic hydroxyl groups is 1. The topological polar surface area (TPSA) is 33.1 Å². The molecule has 0 aliphatic carbocycles. The minimum absolute atomic E-state index is 0.273. The van der Waals surface area contributed by atoms with Crippen molar-refractivity contribution in [3.8, 4) is 0 Å². The highest BCUT2D eigenvalue weighted by atomic mass is 32.1. The molecule has 0 radical (unpaired) electrons. The van der Waals surface area contributed by atoms with Crippen LogP contribution in [0.4, 0.5) is 0 Å². The lowest BCUT2D eigenvalue weighted by Gasteiger charge is -2.16. The lowest BCUT2D eigenvalue weighted by molar-refractivity contribution is 0.190. The van der Waals surface area contributed by atoms with Crippen molar-refractivity contribution >= 4 is 11.3 Å². The quantitative estimate of drug-likeness (QED) is 0.777. The summed E-state index contributed by atoms with van der Waals surface area (Å²) in [5, 5.41) is 9.08. The van der Waals surface area contributed by atoms with E-state index in [2.05, 4.69) is 18.8 Å². The summed E-state index contributed by atoms with van der Waals surface area (Å²) in [5.41, 5.74) is 1.84. The van der Waals surface area contributed by atoms with Crippen molar-refractivity contribution in [1.82, 2.24) is 4.98 Å². The van der Waals surface area contributed by atoms with Crippen molar-refractivity contribution in [3.63, 3.8) is 0 Å². The fraction of sp³-hybridized carbons (Fsp3) is 0.667. The first kappa shape index (κ1) is 9.68. The molecule has 0 bridgehead atoms. The SMILES string of the molecule is CC(C)C(CO)Cc1cncs1. The third-order valence-electron chi connectivity index (χ3n) is 2.12. The molecule has 2 nitrogen and oxygen atoms in total. The van der Waals surface area contributed by atoms with Crippen molar-refractivity contribution in [2.45, 2.75) is 20.3 Å². The predicted molar refractivity (Wildman–Crippen MR) is 51.2 cm³/mol. The van der Waals surface area contributed by atoms with Crippen LogP contribution in [0.25, 0.3) is 0 Å². The minimum Gasteiger partial charge on any atom is -0.396 e. The first-order chi connectivity index (χ1) is 5.74. The van der Waals surface area contributed by atoms with Gasteiger partial charge >= 0.3 is 0 Å². The number of aliphatic hydroxyl groups excluding tert-OH is 1. The number of rotatable bonds is 4. The highest BCUT2D eigenvalue weighted by molar-refractivity contribution is 7.09. The lowest BCUT2D eigenvalue weighted by atomic mass is 9.93. The Morgan fingerprint density at radius 1 is 1.58 bits per heavy atom. The van der Waals surface area contributed by atoms with Crippen LogP contribution in [-0.4, -0.2) is 16.7 Å². The van der Waals surface area contributed by atoms with Crippen molar-refractivity contribution in [1.29, 1.82) is 0 Å². The average Bonchev–Trinajstić information content (AvgIpc) is 2.51. The average molecular weight is 185 g/mol. The van der Waals surface area contributed by atoms with E-state index in [1.54, 1.807) is 11.3 Å². The molecule has 3 heteroatoms. The van der Waals surface area contributed by atoms with Gasteiger partial charge in [0.2, 0.25) is 0 Å². The molecule has 1 N–H and O–H groups in total. The van der Waals surface area contributed by atoms with E-state index in [4.69, 9.17) is 5.11 Å². The summed E-state index contributed by atoms with van der Waals surface area (Å²) in [6.45, 7) is 4.55. The molecule has 0 aromatic carbocycles. The second-order valence-corrected chi connectivity index (χ2v) is 4.33. The molecule has 1 atom stereocenters. The zero-order chi connectivity index (χ0) is 8.97. The van der Waals surface area contributed by atoms with Crippen LogP contribution < -0.4 is 0 Å². The molecule has 0 aliphatic rings. The number of nitrogens with zero attached hydrogens (tertiary/aromatic N) is 1. The molecule has 0 saturated heterocycles. The molecule has 0 amide bonds. The smallest absolute Gasteiger partial charge is 0.0794 e. The Morgan fingerprint density at radius 2 is 2.33 bits per heavy atom. The Hall–Kier alpha value is -0.410. The lowest BCUT2D eigenvalue weighted by Crippen LogP contribution is -2.15. The molecule has 1 heterocycles. The van der Waals surface area contributed by atoms with Crippen LogP contribution in [0.15, 0.2) is 11.7 Å². The zero-order valence-electron chi connectivity index (χ0n) is 7.53. The van der Waals surface area contributed by atoms with Gasteiger partial charge in [-0.2, -0.15) is 0 Å². The number of aromatic nitrogens is 1. The second kappa shape index (κ2) is 4.58. The maximum absolute atomic E-state index is 9.08. The van der Waals surface area contributed by atoms with Gasteiger partial charge in [0.1, 0.15) is 0 Å². The van der Waals surface area contributed by atoms with Gasteiger partial charge in [-0.1, -0.05) is 13.8 Å². The van der Waals surface area contributed by atoms with Crippen molar-refractivity contribution in [3.05, 3.63) is 16.6 Å². The Balaban J connectivity index is 2.48. The van der Waals surface area contributed by atoms with Gasteiger partial charge in [-0.25, -0.2) is 0 Å². The monoisotopic (exact) mass is 185 g/mol. The highest BCUT2D eigenvalue weighted by Crippen LogP contribution is 2.18. The molecule has 68 valence electrons. The van der Waals surface area contributed by atoms with E-state index < -0.39 is 0 Å². The van der Waals surface area contributed by atoms with Crippen LogP contribution in [-0.2, 0) is 6.42 Å². The maximum atomic E-state index is 9.08. The van der Waals surface area contributed by atoms with Crippen LogP contribution in [0.5, 0.6) is 0 Å². The second-order valence-electron chi connectivity index (χ2n) is 3.36. The van der Waals surface area contributed by atoms with E-state index in [0.717, 1.165) is 6.42 Å². The molecule has 0 fully saturated rings. The third kappa shape index (κ3) is 2.57. The standard InChI is InChI=1S/C9H15NOS/c1-7(2)8(5-11)3-9-4-10-6-12-9/h4,6-8,11H,3,5H2,1-2H3. The number of hydrogen-bond donors (Lipinski definition) is 1. The van der Waals surface area contributed by atoms with Crippen LogP contribution in [0.3, 0.4) is 0 Å². The van der Waals surface area contributed by atoms with E-state index >= 15 is 0 Å². The Labute approximate surface area is 77.3 Å². The maximum Gasteiger partial charge on any atom is 0.0794 e. The summed E-state index contributed by atoms with van der Waals surface area (Å²) < 4.78 is 0. The number of thiazole rings is 1. The molecule has 1 aromatic heterocycles. The molecule has 1 aromatic rings. The summed E-state index contributed by atoms with van der Waals surface area (Å²) >= 11 is 1.66. The van der Waals surface area contributed by atoms with Gasteiger partial charge in [0.25, 0.3) is 0 Å². The molecule has 0 aliphatic heterocycles. The van der Waals surface area contributed by atoms with Crippen molar-refractivity contribution < 1.29 is 5.11 Å². The molecule has 1 rings (SSSR count). The zero-order valence-corrected chi connectivity index (χ0v) is 8.34. The Kier molecular flexibility index (Phi) is 3.69. The van der Waals surface area contributed by atoms with E-state index in [0.29, 0.717) is 11.8 Å². The van der Waals surface area contributed by atoms with Gasteiger partial charge in [-0.3, -0.25) is 4.98 Å². The first-order valence-electron chi connectivity index (χ1n) is 4.22. The van der Waals surface area contributed by atoms with E-state index in [9.17, 15) is 0 Å². The molecular weight excluding hydrogens is 170 g/mol. The van der Waals surface area contributed by atoms with Gasteiger partial charge in [0.05, 0.1) is 5.51 Å². The predicted octanol–water partition coefficient (Wildman–Crippen LogP) is 1.95. The van der Waals surface area contributed by atoms with Gasteiger partial charge in [0, 0.05) is 17.7 Å². The van der Waals surface area contributed by atoms with Gasteiger partial charge < -0.3 is 5.11 Å². The summed E-state index contributed by atoms with van der Waals surface area (Å²) in [5.74, 6) is 0.919. The molecule has 12 heavy (non-hydrogen) atoms. The molecular formula is C9H15NOS. The van der Waals surface area contributed by atoms with Crippen LogP contribution >= 0.6 is 11.3 Å². The Bertz CT molecular complexity index is 208.